The van der Waals surface area contributed by atoms with Gasteiger partial charge < -0.3 is 9.88 Å². The van der Waals surface area contributed by atoms with Gasteiger partial charge in [-0.3, -0.25) is 9.36 Å². The van der Waals surface area contributed by atoms with Gasteiger partial charge in [-0.05, 0) is 49.2 Å². The number of H-pyrrole nitrogens is 1. The van der Waals surface area contributed by atoms with Crippen LogP contribution < -0.4 is 5.69 Å². The summed E-state index contributed by atoms with van der Waals surface area (Å²) in [5, 5.41) is 0. The summed E-state index contributed by atoms with van der Waals surface area (Å²) < 4.78 is 24.9. The number of hydrogen-bond acceptors (Lipinski definition) is 4. The lowest BCUT2D eigenvalue weighted by Crippen LogP contribution is -2.40. The van der Waals surface area contributed by atoms with E-state index >= 15 is 0 Å². The Morgan fingerprint density at radius 2 is 1.68 bits per heavy atom. The van der Waals surface area contributed by atoms with E-state index in [1.54, 1.807) is 21.6 Å². The Kier molecular flexibility index (Phi) is 4.58. The van der Waals surface area contributed by atoms with Gasteiger partial charge in [-0.25, -0.2) is 13.2 Å². The average Bonchev–Trinajstić information content (AvgIpc) is 3.02. The average molecular weight is 399 g/mol. The number of likely N-dealkylation sites (tertiary alicyclic amines) is 1. The Morgan fingerprint density at radius 3 is 2.32 bits per heavy atom. The molecular weight excluding hydrogens is 378 g/mol. The zero-order valence-electron chi connectivity index (χ0n) is 15.5. The molecule has 0 spiro atoms. The molecule has 1 amide bonds. The summed E-state index contributed by atoms with van der Waals surface area (Å²) in [5.74, 6) is -0.121. The van der Waals surface area contributed by atoms with Crippen LogP contribution in [0.15, 0.2) is 58.2 Å². The molecular formula is C20H21N3O4S. The van der Waals surface area contributed by atoms with Crippen molar-refractivity contribution in [2.75, 3.05) is 19.3 Å². The van der Waals surface area contributed by atoms with Gasteiger partial charge in [0.05, 0.1) is 15.9 Å². The first-order valence-corrected chi connectivity index (χ1v) is 11.0. The predicted octanol–water partition coefficient (Wildman–Crippen LogP) is 2.21. The van der Waals surface area contributed by atoms with Crippen LogP contribution in [-0.4, -0.2) is 48.1 Å². The highest BCUT2D eigenvalue weighted by molar-refractivity contribution is 7.90. The topological polar surface area (TPSA) is 92.2 Å². The second-order valence-electron chi connectivity index (χ2n) is 7.14. The molecule has 0 bridgehead atoms. The summed E-state index contributed by atoms with van der Waals surface area (Å²) in [6.07, 6.45) is 2.52. The van der Waals surface area contributed by atoms with E-state index in [9.17, 15) is 18.0 Å². The molecule has 1 aromatic heterocycles. The molecule has 3 aromatic rings. The molecule has 4 rings (SSSR count). The van der Waals surface area contributed by atoms with Crippen molar-refractivity contribution < 1.29 is 13.2 Å². The summed E-state index contributed by atoms with van der Waals surface area (Å²) >= 11 is 0. The highest BCUT2D eigenvalue weighted by Crippen LogP contribution is 2.25. The molecule has 146 valence electrons. The van der Waals surface area contributed by atoms with Gasteiger partial charge in [0, 0.05) is 31.0 Å². The van der Waals surface area contributed by atoms with E-state index in [0.717, 1.165) is 17.3 Å². The standard InChI is InChI=1S/C20H21N3O4S/c1-28(26,27)16-8-6-14(7-9-16)19(24)22-12-10-15(11-13-22)23-18-5-3-2-4-17(18)21-20(23)25/h2-9,15H,10-13H2,1H3,(H,21,25). The molecule has 1 saturated heterocycles. The number of carbonyl (C=O) groups excluding carboxylic acids is 1. The summed E-state index contributed by atoms with van der Waals surface area (Å²) in [7, 11) is -3.28. The number of piperidine rings is 1. The van der Waals surface area contributed by atoms with Crippen molar-refractivity contribution in [1.82, 2.24) is 14.5 Å². The van der Waals surface area contributed by atoms with Crippen molar-refractivity contribution in [3.63, 3.8) is 0 Å². The first-order valence-electron chi connectivity index (χ1n) is 9.13. The molecule has 2 aromatic carbocycles. The molecule has 2 heterocycles. The number of aromatic nitrogens is 2. The van der Waals surface area contributed by atoms with Crippen molar-refractivity contribution in [3.05, 3.63) is 64.6 Å². The van der Waals surface area contributed by atoms with Gasteiger partial charge in [0.2, 0.25) is 0 Å². The zero-order valence-corrected chi connectivity index (χ0v) is 16.3. The molecule has 0 radical (unpaired) electrons. The number of amides is 1. The van der Waals surface area contributed by atoms with Crippen LogP contribution in [0.2, 0.25) is 0 Å². The number of para-hydroxylation sites is 2. The minimum atomic E-state index is -3.28. The Bertz CT molecular complexity index is 1180. The maximum Gasteiger partial charge on any atom is 0.326 e. The minimum Gasteiger partial charge on any atom is -0.338 e. The molecule has 1 N–H and O–H groups in total. The van der Waals surface area contributed by atoms with Gasteiger partial charge in [0.25, 0.3) is 5.91 Å². The number of nitrogens with one attached hydrogen (secondary N) is 1. The number of sulfone groups is 1. The van der Waals surface area contributed by atoms with Gasteiger partial charge in [0.1, 0.15) is 0 Å². The van der Waals surface area contributed by atoms with Crippen LogP contribution in [0.25, 0.3) is 11.0 Å². The van der Waals surface area contributed by atoms with Crippen LogP contribution in [0.1, 0.15) is 29.2 Å². The Labute approximate surface area is 162 Å². The van der Waals surface area contributed by atoms with Crippen LogP contribution in [0.5, 0.6) is 0 Å². The number of hydrogen-bond donors (Lipinski definition) is 1. The van der Waals surface area contributed by atoms with Gasteiger partial charge in [-0.1, -0.05) is 12.1 Å². The normalized spacial score (nSPS) is 15.8. The molecule has 0 atom stereocenters. The Hall–Kier alpha value is -2.87. The summed E-state index contributed by atoms with van der Waals surface area (Å²) in [4.78, 5) is 29.9. The van der Waals surface area contributed by atoms with E-state index in [1.807, 2.05) is 24.3 Å². The number of rotatable bonds is 3. The molecule has 1 fully saturated rings. The third-order valence-electron chi connectivity index (χ3n) is 5.27. The maximum absolute atomic E-state index is 12.7. The van der Waals surface area contributed by atoms with Gasteiger partial charge in [-0.2, -0.15) is 0 Å². The fourth-order valence-corrected chi connectivity index (χ4v) is 4.42. The fourth-order valence-electron chi connectivity index (χ4n) is 3.79. The van der Waals surface area contributed by atoms with Crippen LogP contribution in [-0.2, 0) is 9.84 Å². The van der Waals surface area contributed by atoms with Crippen LogP contribution >= 0.6 is 0 Å². The maximum atomic E-state index is 12.7. The number of aromatic amines is 1. The highest BCUT2D eigenvalue weighted by atomic mass is 32.2. The molecule has 0 aliphatic carbocycles. The van der Waals surface area contributed by atoms with E-state index in [4.69, 9.17) is 0 Å². The summed E-state index contributed by atoms with van der Waals surface area (Å²) in [6, 6.07) is 13.7. The third kappa shape index (κ3) is 3.35. The van der Waals surface area contributed by atoms with Gasteiger partial charge in [-0.15, -0.1) is 0 Å². The SMILES string of the molecule is CS(=O)(=O)c1ccc(C(=O)N2CCC(n3c(=O)[nH]c4ccccc43)CC2)cc1. The van der Waals surface area contributed by atoms with Crippen LogP contribution in [0, 0.1) is 0 Å². The number of fused-ring (bicyclic) bond motifs is 1. The van der Waals surface area contributed by atoms with Gasteiger partial charge in [0.15, 0.2) is 9.84 Å². The predicted molar refractivity (Wildman–Crippen MR) is 106 cm³/mol. The van der Waals surface area contributed by atoms with E-state index in [-0.39, 0.29) is 22.5 Å². The largest absolute Gasteiger partial charge is 0.338 e. The van der Waals surface area contributed by atoms with E-state index < -0.39 is 9.84 Å². The van der Waals surface area contributed by atoms with E-state index in [0.29, 0.717) is 31.5 Å². The van der Waals surface area contributed by atoms with E-state index in [1.165, 1.54) is 12.1 Å². The molecule has 7 nitrogen and oxygen atoms in total. The third-order valence-corrected chi connectivity index (χ3v) is 6.40. The quantitative estimate of drug-likeness (QED) is 0.731. The fraction of sp³-hybridized carbons (Fsp3) is 0.300. The van der Waals surface area contributed by atoms with Gasteiger partial charge >= 0.3 is 5.69 Å². The smallest absolute Gasteiger partial charge is 0.326 e. The van der Waals surface area contributed by atoms with Crippen molar-refractivity contribution >= 4 is 26.8 Å². The summed E-state index contributed by atoms with van der Waals surface area (Å²) in [6.45, 7) is 1.09. The van der Waals surface area contributed by atoms with Crippen molar-refractivity contribution in [2.45, 2.75) is 23.8 Å². The number of carbonyl (C=O) groups is 1. The Balaban J connectivity index is 1.49. The molecule has 1 aliphatic heterocycles. The van der Waals surface area contributed by atoms with Crippen molar-refractivity contribution in [3.8, 4) is 0 Å². The van der Waals surface area contributed by atoms with Crippen molar-refractivity contribution in [1.29, 1.82) is 0 Å². The lowest BCUT2D eigenvalue weighted by atomic mass is 10.0. The summed E-state index contributed by atoms with van der Waals surface area (Å²) in [5.41, 5.74) is 2.04. The zero-order chi connectivity index (χ0) is 19.9. The number of nitrogens with zero attached hydrogens (tertiary/aromatic N) is 2. The van der Waals surface area contributed by atoms with Crippen LogP contribution in [0.4, 0.5) is 0 Å². The van der Waals surface area contributed by atoms with Crippen molar-refractivity contribution in [2.24, 2.45) is 0 Å². The molecule has 28 heavy (non-hydrogen) atoms. The first-order chi connectivity index (χ1) is 13.3. The second-order valence-corrected chi connectivity index (χ2v) is 9.15. The molecule has 8 heteroatoms. The highest BCUT2D eigenvalue weighted by Gasteiger charge is 2.26. The number of benzene rings is 2. The first kappa shape index (κ1) is 18.5. The number of imidazole rings is 1. The molecule has 0 saturated carbocycles. The second kappa shape index (κ2) is 6.94. The lowest BCUT2D eigenvalue weighted by Gasteiger charge is -2.32. The monoisotopic (exact) mass is 399 g/mol. The molecule has 0 unspecified atom stereocenters. The molecule has 1 aliphatic rings. The minimum absolute atomic E-state index is 0.0420. The Morgan fingerprint density at radius 1 is 1.04 bits per heavy atom. The lowest BCUT2D eigenvalue weighted by molar-refractivity contribution is 0.0695. The van der Waals surface area contributed by atoms with E-state index in [2.05, 4.69) is 4.98 Å². The van der Waals surface area contributed by atoms with Crippen LogP contribution in [0.3, 0.4) is 0 Å².